The molecule has 2 aromatic carbocycles. The number of hydrogen-bond donors (Lipinski definition) is 1. The summed E-state index contributed by atoms with van der Waals surface area (Å²) in [6.07, 6.45) is 0.537. The van der Waals surface area contributed by atoms with Crippen LogP contribution in [-0.2, 0) is 19.5 Å². The predicted molar refractivity (Wildman–Crippen MR) is 82.6 cm³/mol. The Bertz CT molecular complexity index is 797. The largest absolute Gasteiger partial charge is 0.325 e. The van der Waals surface area contributed by atoms with Crippen molar-refractivity contribution in [2.45, 2.75) is 19.5 Å². The van der Waals surface area contributed by atoms with Crippen LogP contribution in [0.2, 0.25) is 0 Å². The molecule has 0 spiro atoms. The minimum Gasteiger partial charge on any atom is -0.325 e. The lowest BCUT2D eigenvalue weighted by Crippen LogP contribution is -2.10. The summed E-state index contributed by atoms with van der Waals surface area (Å²) >= 11 is 0. The number of halogens is 2. The number of nitrogens with zero attached hydrogens (tertiary/aromatic N) is 3. The van der Waals surface area contributed by atoms with Crippen LogP contribution in [-0.4, -0.2) is 15.0 Å². The quantitative estimate of drug-likeness (QED) is 0.787. The van der Waals surface area contributed by atoms with Crippen LogP contribution >= 0.6 is 0 Å². The van der Waals surface area contributed by atoms with Gasteiger partial charge in [0.1, 0.15) is 11.6 Å². The Hall–Kier alpha value is -2.60. The van der Waals surface area contributed by atoms with E-state index in [2.05, 4.69) is 10.3 Å². The first-order chi connectivity index (χ1) is 11.2. The van der Waals surface area contributed by atoms with Crippen LogP contribution in [0.4, 0.5) is 8.78 Å². The van der Waals surface area contributed by atoms with Gasteiger partial charge < -0.3 is 5.73 Å². The van der Waals surface area contributed by atoms with Crippen LogP contribution < -0.4 is 5.73 Å². The Morgan fingerprint density at radius 3 is 2.43 bits per heavy atom. The smallest absolute Gasteiger partial charge is 0.123 e. The van der Waals surface area contributed by atoms with E-state index >= 15 is 0 Å². The van der Waals surface area contributed by atoms with Crippen molar-refractivity contribution in [2.24, 2.45) is 5.73 Å². The summed E-state index contributed by atoms with van der Waals surface area (Å²) in [6, 6.07) is 12.6. The highest BCUT2D eigenvalue weighted by atomic mass is 19.1. The van der Waals surface area contributed by atoms with Crippen molar-refractivity contribution in [3.8, 4) is 0 Å². The molecule has 3 aromatic rings. The van der Waals surface area contributed by atoms with Gasteiger partial charge in [0.15, 0.2) is 0 Å². The summed E-state index contributed by atoms with van der Waals surface area (Å²) in [5.74, 6) is -0.569. The normalized spacial score (nSPS) is 10.9. The summed E-state index contributed by atoms with van der Waals surface area (Å²) in [7, 11) is 0. The highest BCUT2D eigenvalue weighted by molar-refractivity contribution is 5.25. The molecule has 0 atom stereocenters. The molecule has 0 aliphatic rings. The fraction of sp³-hybridized carbons (Fsp3) is 0.176. The second-order valence-electron chi connectivity index (χ2n) is 5.28. The van der Waals surface area contributed by atoms with Gasteiger partial charge in [-0.3, -0.25) is 0 Å². The Morgan fingerprint density at radius 1 is 0.957 bits per heavy atom. The van der Waals surface area contributed by atoms with Crippen molar-refractivity contribution in [1.29, 1.82) is 0 Å². The van der Waals surface area contributed by atoms with Gasteiger partial charge in [0.25, 0.3) is 0 Å². The van der Waals surface area contributed by atoms with Gasteiger partial charge in [-0.1, -0.05) is 29.5 Å². The summed E-state index contributed by atoms with van der Waals surface area (Å²) in [6.45, 7) is 0.668. The van der Waals surface area contributed by atoms with E-state index in [1.54, 1.807) is 22.9 Å². The Kier molecular flexibility index (Phi) is 4.43. The first-order valence-corrected chi connectivity index (χ1v) is 7.26. The minimum absolute atomic E-state index is 0.264. The zero-order valence-electron chi connectivity index (χ0n) is 12.4. The summed E-state index contributed by atoms with van der Waals surface area (Å²) in [5.41, 5.74) is 8.98. The lowest BCUT2D eigenvalue weighted by Gasteiger charge is -2.08. The third-order valence-corrected chi connectivity index (χ3v) is 3.62. The lowest BCUT2D eigenvalue weighted by atomic mass is 10.1. The zero-order chi connectivity index (χ0) is 16.2. The van der Waals surface area contributed by atoms with E-state index in [0.717, 1.165) is 16.8 Å². The van der Waals surface area contributed by atoms with Gasteiger partial charge in [-0.15, -0.1) is 5.10 Å². The molecule has 0 saturated heterocycles. The van der Waals surface area contributed by atoms with Gasteiger partial charge in [-0.05, 0) is 35.4 Å². The summed E-state index contributed by atoms with van der Waals surface area (Å²) < 4.78 is 28.1. The van der Waals surface area contributed by atoms with E-state index in [0.29, 0.717) is 18.7 Å². The Labute approximate surface area is 132 Å². The highest BCUT2D eigenvalue weighted by Crippen LogP contribution is 2.15. The van der Waals surface area contributed by atoms with Crippen LogP contribution in [0.1, 0.15) is 22.5 Å². The first-order valence-electron chi connectivity index (χ1n) is 7.26. The van der Waals surface area contributed by atoms with Gasteiger partial charge in [-0.2, -0.15) is 0 Å². The third-order valence-electron chi connectivity index (χ3n) is 3.62. The van der Waals surface area contributed by atoms with E-state index < -0.39 is 0 Å². The van der Waals surface area contributed by atoms with Crippen LogP contribution in [0.25, 0.3) is 0 Å². The van der Waals surface area contributed by atoms with Crippen molar-refractivity contribution in [1.82, 2.24) is 15.0 Å². The fourth-order valence-electron chi connectivity index (χ4n) is 2.45. The number of rotatable bonds is 5. The average molecular weight is 314 g/mol. The molecule has 0 unspecified atom stereocenters. The van der Waals surface area contributed by atoms with E-state index in [1.165, 1.54) is 24.3 Å². The van der Waals surface area contributed by atoms with Crippen LogP contribution in [0.3, 0.4) is 0 Å². The summed E-state index contributed by atoms with van der Waals surface area (Å²) in [4.78, 5) is 0. The standard InChI is InChI=1S/C17H16F2N4/c18-14-6-4-12(5-7-14)9-17-16(10-20)21-22-23(17)11-13-2-1-3-15(19)8-13/h1-8H,9-11,20H2. The van der Waals surface area contributed by atoms with Crippen LogP contribution in [0.15, 0.2) is 48.5 Å². The van der Waals surface area contributed by atoms with E-state index in [4.69, 9.17) is 5.73 Å². The van der Waals surface area contributed by atoms with Gasteiger partial charge in [0.2, 0.25) is 0 Å². The first kappa shape index (κ1) is 15.3. The molecule has 0 aliphatic heterocycles. The molecule has 118 valence electrons. The maximum absolute atomic E-state index is 13.3. The molecule has 0 bridgehead atoms. The number of nitrogens with two attached hydrogens (primary N) is 1. The monoisotopic (exact) mass is 314 g/mol. The average Bonchev–Trinajstić information content (AvgIpc) is 2.91. The van der Waals surface area contributed by atoms with E-state index in [9.17, 15) is 8.78 Å². The molecule has 0 amide bonds. The topological polar surface area (TPSA) is 56.7 Å². The Balaban J connectivity index is 1.89. The molecule has 2 N–H and O–H groups in total. The minimum atomic E-state index is -0.290. The molecule has 1 aromatic heterocycles. The lowest BCUT2D eigenvalue weighted by molar-refractivity contribution is 0.605. The molecule has 0 radical (unpaired) electrons. The molecular formula is C17H16F2N4. The van der Waals surface area contributed by atoms with Crippen molar-refractivity contribution in [3.05, 3.63) is 82.7 Å². The molecule has 0 saturated carbocycles. The second-order valence-corrected chi connectivity index (χ2v) is 5.28. The number of hydrogen-bond acceptors (Lipinski definition) is 3. The Morgan fingerprint density at radius 2 is 1.74 bits per heavy atom. The van der Waals surface area contributed by atoms with E-state index in [1.807, 2.05) is 6.07 Å². The predicted octanol–water partition coefficient (Wildman–Crippen LogP) is 2.65. The van der Waals surface area contributed by atoms with Crippen molar-refractivity contribution in [2.75, 3.05) is 0 Å². The maximum Gasteiger partial charge on any atom is 0.123 e. The zero-order valence-corrected chi connectivity index (χ0v) is 12.4. The van der Waals surface area contributed by atoms with Crippen LogP contribution in [0, 0.1) is 11.6 Å². The molecular weight excluding hydrogens is 298 g/mol. The van der Waals surface area contributed by atoms with E-state index in [-0.39, 0.29) is 18.2 Å². The molecule has 0 fully saturated rings. The molecule has 0 aliphatic carbocycles. The second kappa shape index (κ2) is 6.66. The van der Waals surface area contributed by atoms with Crippen molar-refractivity contribution >= 4 is 0 Å². The summed E-state index contributed by atoms with van der Waals surface area (Å²) in [5, 5.41) is 8.20. The van der Waals surface area contributed by atoms with Gasteiger partial charge in [0.05, 0.1) is 17.9 Å². The number of benzene rings is 2. The van der Waals surface area contributed by atoms with Gasteiger partial charge >= 0.3 is 0 Å². The molecule has 6 heteroatoms. The maximum atomic E-state index is 13.3. The number of aromatic nitrogens is 3. The van der Waals surface area contributed by atoms with Crippen LogP contribution in [0.5, 0.6) is 0 Å². The molecule has 4 nitrogen and oxygen atoms in total. The molecule has 3 rings (SSSR count). The van der Waals surface area contributed by atoms with Gasteiger partial charge in [0, 0.05) is 13.0 Å². The van der Waals surface area contributed by atoms with Gasteiger partial charge in [-0.25, -0.2) is 13.5 Å². The fourth-order valence-corrected chi connectivity index (χ4v) is 2.45. The SMILES string of the molecule is NCc1nnn(Cc2cccc(F)c2)c1Cc1ccc(F)cc1. The van der Waals surface area contributed by atoms with Crippen molar-refractivity contribution < 1.29 is 8.78 Å². The molecule has 1 heterocycles. The van der Waals surface area contributed by atoms with Crippen molar-refractivity contribution in [3.63, 3.8) is 0 Å². The highest BCUT2D eigenvalue weighted by Gasteiger charge is 2.13. The molecule has 23 heavy (non-hydrogen) atoms. The third kappa shape index (κ3) is 3.60.